The predicted octanol–water partition coefficient (Wildman–Crippen LogP) is 2.83. The highest BCUT2D eigenvalue weighted by Gasteiger charge is 2.16. The Hall–Kier alpha value is -2.04. The van der Waals surface area contributed by atoms with Gasteiger partial charge in [0.05, 0.1) is 22.2 Å². The Kier molecular flexibility index (Phi) is 3.97. The molecule has 2 aromatic carbocycles. The molecule has 2 rings (SSSR count). The molecule has 0 fully saturated rings. The average molecular weight is 353 g/mol. The molecule has 0 saturated carbocycles. The number of nitrogens with zero attached hydrogens (tertiary/aromatic N) is 1. The molecule has 0 aliphatic rings. The summed E-state index contributed by atoms with van der Waals surface area (Å²) < 4.78 is 27.1. The number of sulfonamides is 1. The van der Waals surface area contributed by atoms with E-state index in [1.54, 1.807) is 0 Å². The second-order valence-corrected chi connectivity index (χ2v) is 6.45. The van der Waals surface area contributed by atoms with Crippen LogP contribution in [0.15, 0.2) is 51.8 Å². The van der Waals surface area contributed by atoms with Crippen molar-refractivity contribution in [2.24, 2.45) is 0 Å². The van der Waals surface area contributed by atoms with E-state index in [-0.39, 0.29) is 10.6 Å². The van der Waals surface area contributed by atoms with Gasteiger partial charge in [0.15, 0.2) is 0 Å². The highest BCUT2D eigenvalue weighted by molar-refractivity contribution is 9.10. The van der Waals surface area contributed by atoms with Gasteiger partial charge < -0.3 is 5.11 Å². The van der Waals surface area contributed by atoms with Gasteiger partial charge in [-0.1, -0.05) is 6.07 Å². The summed E-state index contributed by atoms with van der Waals surface area (Å²) in [6, 6.07) is 11.8. The normalized spacial score (nSPS) is 10.8. The van der Waals surface area contributed by atoms with Crippen molar-refractivity contribution in [3.63, 3.8) is 0 Å². The molecule has 0 aliphatic carbocycles. The number of rotatable bonds is 3. The zero-order valence-corrected chi connectivity index (χ0v) is 12.4. The largest absolute Gasteiger partial charge is 0.508 e. The third kappa shape index (κ3) is 3.10. The van der Waals surface area contributed by atoms with Gasteiger partial charge in [0.2, 0.25) is 0 Å². The number of nitriles is 1. The summed E-state index contributed by atoms with van der Waals surface area (Å²) in [5.74, 6) is -0.133. The third-order valence-corrected chi connectivity index (χ3v) is 4.49. The first-order valence-corrected chi connectivity index (χ1v) is 7.71. The molecule has 0 aromatic heterocycles. The fourth-order valence-electron chi connectivity index (χ4n) is 1.52. The van der Waals surface area contributed by atoms with Gasteiger partial charge >= 0.3 is 0 Å². The molecule has 5 nitrogen and oxygen atoms in total. The van der Waals surface area contributed by atoms with E-state index in [0.717, 1.165) is 6.07 Å². The van der Waals surface area contributed by atoms with Crippen molar-refractivity contribution in [1.29, 1.82) is 5.26 Å². The van der Waals surface area contributed by atoms with Crippen LogP contribution < -0.4 is 4.72 Å². The Morgan fingerprint density at radius 2 is 1.95 bits per heavy atom. The summed E-state index contributed by atoms with van der Waals surface area (Å²) in [5.41, 5.74) is 0.726. The van der Waals surface area contributed by atoms with Crippen molar-refractivity contribution in [1.82, 2.24) is 0 Å². The molecule has 0 heterocycles. The molecule has 0 radical (unpaired) electrons. The van der Waals surface area contributed by atoms with Gasteiger partial charge in [0, 0.05) is 10.5 Å². The van der Waals surface area contributed by atoms with E-state index in [1.165, 1.54) is 36.4 Å². The molecule has 0 bridgehead atoms. The van der Waals surface area contributed by atoms with Crippen molar-refractivity contribution in [3.05, 3.63) is 52.5 Å². The quantitative estimate of drug-likeness (QED) is 0.888. The molecular weight excluding hydrogens is 344 g/mol. The molecule has 2 N–H and O–H groups in total. The van der Waals surface area contributed by atoms with E-state index >= 15 is 0 Å². The van der Waals surface area contributed by atoms with E-state index in [1.807, 2.05) is 6.07 Å². The second kappa shape index (κ2) is 5.53. The molecule has 0 atom stereocenters. The Morgan fingerprint density at radius 3 is 2.55 bits per heavy atom. The van der Waals surface area contributed by atoms with Crippen LogP contribution in [0.1, 0.15) is 5.56 Å². The van der Waals surface area contributed by atoms with Crippen molar-refractivity contribution < 1.29 is 13.5 Å². The Morgan fingerprint density at radius 1 is 1.20 bits per heavy atom. The molecule has 102 valence electrons. The number of phenols is 1. The van der Waals surface area contributed by atoms with Crippen molar-refractivity contribution in [3.8, 4) is 11.8 Å². The van der Waals surface area contributed by atoms with Gasteiger partial charge in [-0.3, -0.25) is 4.72 Å². The van der Waals surface area contributed by atoms with Crippen LogP contribution in [-0.2, 0) is 10.0 Å². The van der Waals surface area contributed by atoms with Crippen LogP contribution in [0.5, 0.6) is 5.75 Å². The molecule has 0 spiro atoms. The lowest BCUT2D eigenvalue weighted by Crippen LogP contribution is -2.13. The lowest BCUT2D eigenvalue weighted by atomic mass is 10.2. The highest BCUT2D eigenvalue weighted by atomic mass is 79.9. The Bertz CT molecular complexity index is 798. The zero-order valence-electron chi connectivity index (χ0n) is 10.0. The Balaban J connectivity index is 2.36. The minimum atomic E-state index is -3.80. The van der Waals surface area contributed by atoms with Crippen LogP contribution in [0.3, 0.4) is 0 Å². The maximum absolute atomic E-state index is 12.2. The van der Waals surface area contributed by atoms with E-state index in [9.17, 15) is 13.5 Å². The van der Waals surface area contributed by atoms with E-state index in [4.69, 9.17) is 5.26 Å². The van der Waals surface area contributed by atoms with Crippen LogP contribution in [0, 0.1) is 11.3 Å². The van der Waals surface area contributed by atoms with Gasteiger partial charge in [-0.05, 0) is 46.3 Å². The number of anilines is 1. The number of halogens is 1. The second-order valence-electron chi connectivity index (χ2n) is 3.91. The van der Waals surface area contributed by atoms with Crippen molar-refractivity contribution >= 4 is 31.6 Å². The topological polar surface area (TPSA) is 90.2 Å². The lowest BCUT2D eigenvalue weighted by molar-refractivity contribution is 0.473. The molecule has 20 heavy (non-hydrogen) atoms. The first kappa shape index (κ1) is 14.4. The molecule has 0 amide bonds. The summed E-state index contributed by atoms with van der Waals surface area (Å²) in [6.45, 7) is 0. The summed E-state index contributed by atoms with van der Waals surface area (Å²) in [5, 5.41) is 18.1. The third-order valence-electron chi connectivity index (χ3n) is 2.47. The SMILES string of the molecule is N#Cc1ccc(NS(=O)(=O)c2cccc(O)c2)c(Br)c1. The first-order valence-electron chi connectivity index (χ1n) is 5.44. The fraction of sp³-hybridized carbons (Fsp3) is 0. The average Bonchev–Trinajstić information content (AvgIpc) is 2.41. The van der Waals surface area contributed by atoms with Crippen LogP contribution in [0.25, 0.3) is 0 Å². The summed E-state index contributed by atoms with van der Waals surface area (Å²) in [6.07, 6.45) is 0. The highest BCUT2D eigenvalue weighted by Crippen LogP contribution is 2.26. The molecule has 7 heteroatoms. The summed E-state index contributed by atoms with van der Waals surface area (Å²) >= 11 is 3.20. The minimum Gasteiger partial charge on any atom is -0.508 e. The molecular formula is C13H9BrN2O3S. The number of hydrogen-bond acceptors (Lipinski definition) is 4. The van der Waals surface area contributed by atoms with E-state index < -0.39 is 10.0 Å². The minimum absolute atomic E-state index is 0.0474. The Labute approximate surface area is 124 Å². The number of nitrogens with one attached hydrogen (secondary N) is 1. The van der Waals surface area contributed by atoms with Gasteiger partial charge in [-0.25, -0.2) is 8.42 Å². The molecule has 0 saturated heterocycles. The number of aromatic hydroxyl groups is 1. The first-order chi connectivity index (χ1) is 9.42. The maximum Gasteiger partial charge on any atom is 0.262 e. The lowest BCUT2D eigenvalue weighted by Gasteiger charge is -2.10. The van der Waals surface area contributed by atoms with Crippen molar-refractivity contribution in [2.45, 2.75) is 4.90 Å². The van der Waals surface area contributed by atoms with E-state index in [0.29, 0.717) is 15.7 Å². The van der Waals surface area contributed by atoms with Gasteiger partial charge in [0.25, 0.3) is 10.0 Å². The molecule has 2 aromatic rings. The van der Waals surface area contributed by atoms with Crippen LogP contribution in [0.2, 0.25) is 0 Å². The van der Waals surface area contributed by atoms with Crippen LogP contribution in [-0.4, -0.2) is 13.5 Å². The number of hydrogen-bond donors (Lipinski definition) is 2. The number of benzene rings is 2. The smallest absolute Gasteiger partial charge is 0.262 e. The van der Waals surface area contributed by atoms with Crippen LogP contribution in [0.4, 0.5) is 5.69 Å². The maximum atomic E-state index is 12.2. The monoisotopic (exact) mass is 352 g/mol. The predicted molar refractivity (Wildman–Crippen MR) is 77.8 cm³/mol. The zero-order chi connectivity index (χ0) is 14.8. The fourth-order valence-corrected chi connectivity index (χ4v) is 3.25. The van der Waals surface area contributed by atoms with Crippen molar-refractivity contribution in [2.75, 3.05) is 4.72 Å². The van der Waals surface area contributed by atoms with Gasteiger partial charge in [0.1, 0.15) is 5.75 Å². The number of phenolic OH excluding ortho intramolecular Hbond substituents is 1. The van der Waals surface area contributed by atoms with E-state index in [2.05, 4.69) is 20.7 Å². The van der Waals surface area contributed by atoms with Crippen LogP contribution >= 0.6 is 15.9 Å². The van der Waals surface area contributed by atoms with Gasteiger partial charge in [-0.2, -0.15) is 5.26 Å². The standard InChI is InChI=1S/C13H9BrN2O3S/c14-12-6-9(8-15)4-5-13(12)16-20(18,19)11-3-1-2-10(17)7-11/h1-7,16-17H. The molecule has 0 aliphatic heterocycles. The molecule has 0 unspecified atom stereocenters. The summed E-state index contributed by atoms with van der Waals surface area (Å²) in [7, 11) is -3.80. The summed E-state index contributed by atoms with van der Waals surface area (Å²) in [4.78, 5) is -0.0474. The van der Waals surface area contributed by atoms with Gasteiger partial charge in [-0.15, -0.1) is 0 Å².